The van der Waals surface area contributed by atoms with Gasteiger partial charge >= 0.3 is 0 Å². The van der Waals surface area contributed by atoms with Crippen LogP contribution in [0.2, 0.25) is 5.02 Å². The molecule has 0 fully saturated rings. The second-order valence-corrected chi connectivity index (χ2v) is 6.95. The maximum absolute atomic E-state index is 12.8. The average Bonchev–Trinajstić information content (AvgIpc) is 3.12. The zero-order valence-corrected chi connectivity index (χ0v) is 16.3. The fourth-order valence-electron chi connectivity index (χ4n) is 2.90. The topological polar surface area (TPSA) is 56.1 Å². The van der Waals surface area contributed by atoms with Gasteiger partial charge in [0, 0.05) is 11.6 Å². The summed E-state index contributed by atoms with van der Waals surface area (Å²) in [7, 11) is 1.63. The summed E-state index contributed by atoms with van der Waals surface area (Å²) in [5.74, 6) is 0.774. The number of nitrogens with zero attached hydrogens (tertiary/aromatic N) is 2. The Morgan fingerprint density at radius 2 is 1.81 bits per heavy atom. The molecule has 0 aliphatic heterocycles. The molecule has 3 rings (SSSR count). The fourth-order valence-corrected chi connectivity index (χ4v) is 3.02. The van der Waals surface area contributed by atoms with E-state index in [1.165, 1.54) is 0 Å². The Labute approximate surface area is 163 Å². The first-order valence-electron chi connectivity index (χ1n) is 8.74. The van der Waals surface area contributed by atoms with Crippen LogP contribution in [0.25, 0.3) is 5.69 Å². The van der Waals surface area contributed by atoms with Crippen LogP contribution in [0, 0.1) is 0 Å². The molecule has 27 heavy (non-hydrogen) atoms. The van der Waals surface area contributed by atoms with Gasteiger partial charge in [-0.25, -0.2) is 4.68 Å². The monoisotopic (exact) mass is 383 g/mol. The summed E-state index contributed by atoms with van der Waals surface area (Å²) in [5, 5.41) is 8.06. The van der Waals surface area contributed by atoms with Gasteiger partial charge in [0.15, 0.2) is 0 Å². The predicted octanol–water partition coefficient (Wildman–Crippen LogP) is 4.59. The van der Waals surface area contributed by atoms with Crippen LogP contribution in [-0.2, 0) is 6.54 Å². The van der Waals surface area contributed by atoms with Crippen molar-refractivity contribution in [1.29, 1.82) is 0 Å². The highest BCUT2D eigenvalue weighted by Crippen LogP contribution is 2.24. The number of hydrogen-bond acceptors (Lipinski definition) is 3. The number of benzene rings is 2. The van der Waals surface area contributed by atoms with E-state index in [0.29, 0.717) is 17.1 Å². The van der Waals surface area contributed by atoms with Gasteiger partial charge in [-0.05, 0) is 47.9 Å². The first-order valence-corrected chi connectivity index (χ1v) is 9.12. The smallest absolute Gasteiger partial charge is 0.255 e. The summed E-state index contributed by atoms with van der Waals surface area (Å²) in [6, 6.07) is 15.0. The standard InChI is InChI=1S/C21H22ClN3O2/c1-14(2)20-19(13-24-25(20)17-8-6-16(22)7-9-17)21(26)23-12-15-4-10-18(27-3)11-5-15/h4-11,13-14H,12H2,1-3H3,(H,23,26). The SMILES string of the molecule is COc1ccc(CNC(=O)c2cnn(-c3ccc(Cl)cc3)c2C(C)C)cc1. The van der Waals surface area contributed by atoms with Crippen LogP contribution >= 0.6 is 11.6 Å². The molecule has 0 bridgehead atoms. The second-order valence-electron chi connectivity index (χ2n) is 6.52. The minimum absolute atomic E-state index is 0.130. The van der Waals surface area contributed by atoms with Crippen molar-refractivity contribution in [2.24, 2.45) is 0 Å². The third kappa shape index (κ3) is 4.31. The molecule has 0 saturated heterocycles. The van der Waals surface area contributed by atoms with E-state index in [4.69, 9.17) is 16.3 Å². The number of nitrogens with one attached hydrogen (secondary N) is 1. The zero-order chi connectivity index (χ0) is 19.4. The van der Waals surface area contributed by atoms with Crippen molar-refractivity contribution in [3.05, 3.63) is 76.6 Å². The van der Waals surface area contributed by atoms with Gasteiger partial charge in [-0.1, -0.05) is 37.6 Å². The number of amides is 1. The molecule has 0 aliphatic carbocycles. The van der Waals surface area contributed by atoms with Gasteiger partial charge in [0.1, 0.15) is 5.75 Å². The molecule has 0 aliphatic rings. The predicted molar refractivity (Wildman–Crippen MR) is 107 cm³/mol. The first kappa shape index (κ1) is 19.0. The summed E-state index contributed by atoms with van der Waals surface area (Å²) >= 11 is 5.97. The lowest BCUT2D eigenvalue weighted by Gasteiger charge is -2.13. The third-order valence-electron chi connectivity index (χ3n) is 4.28. The van der Waals surface area contributed by atoms with Crippen LogP contribution in [-0.4, -0.2) is 22.8 Å². The van der Waals surface area contributed by atoms with Crippen molar-refractivity contribution in [2.45, 2.75) is 26.3 Å². The number of rotatable bonds is 6. The van der Waals surface area contributed by atoms with Gasteiger partial charge in [-0.3, -0.25) is 4.79 Å². The van der Waals surface area contributed by atoms with Crippen molar-refractivity contribution >= 4 is 17.5 Å². The summed E-state index contributed by atoms with van der Waals surface area (Å²) in [5.41, 5.74) is 3.32. The van der Waals surface area contributed by atoms with Gasteiger partial charge in [0.05, 0.1) is 30.3 Å². The Morgan fingerprint density at radius 1 is 1.15 bits per heavy atom. The molecule has 140 valence electrons. The summed E-state index contributed by atoms with van der Waals surface area (Å²) in [4.78, 5) is 12.8. The highest BCUT2D eigenvalue weighted by Gasteiger charge is 2.20. The molecule has 0 saturated carbocycles. The van der Waals surface area contributed by atoms with Gasteiger partial charge < -0.3 is 10.1 Å². The van der Waals surface area contributed by atoms with Crippen molar-refractivity contribution in [2.75, 3.05) is 7.11 Å². The summed E-state index contributed by atoms with van der Waals surface area (Å²) in [6.45, 7) is 4.53. The molecule has 3 aromatic rings. The normalized spacial score (nSPS) is 10.9. The molecule has 0 atom stereocenters. The molecule has 1 aromatic heterocycles. The van der Waals surface area contributed by atoms with Crippen molar-refractivity contribution in [3.63, 3.8) is 0 Å². The van der Waals surface area contributed by atoms with Gasteiger partial charge in [0.25, 0.3) is 5.91 Å². The summed E-state index contributed by atoms with van der Waals surface area (Å²) < 4.78 is 6.95. The van der Waals surface area contributed by atoms with Gasteiger partial charge in [-0.15, -0.1) is 0 Å². The number of aromatic nitrogens is 2. The Bertz CT molecular complexity index is 916. The van der Waals surface area contributed by atoms with E-state index in [1.54, 1.807) is 18.0 Å². The Kier molecular flexibility index (Phi) is 5.81. The van der Waals surface area contributed by atoms with E-state index in [0.717, 1.165) is 22.7 Å². The van der Waals surface area contributed by atoms with E-state index < -0.39 is 0 Å². The van der Waals surface area contributed by atoms with E-state index in [-0.39, 0.29) is 11.8 Å². The van der Waals surface area contributed by atoms with E-state index in [1.807, 2.05) is 62.4 Å². The molecule has 2 aromatic carbocycles. The quantitative estimate of drug-likeness (QED) is 0.677. The van der Waals surface area contributed by atoms with Crippen LogP contribution in [0.4, 0.5) is 0 Å². The number of ether oxygens (including phenoxy) is 1. The molecule has 6 heteroatoms. The second kappa shape index (κ2) is 8.27. The van der Waals surface area contributed by atoms with E-state index in [2.05, 4.69) is 10.4 Å². The van der Waals surface area contributed by atoms with Crippen molar-refractivity contribution < 1.29 is 9.53 Å². The average molecular weight is 384 g/mol. The number of hydrogen-bond donors (Lipinski definition) is 1. The van der Waals surface area contributed by atoms with E-state index in [9.17, 15) is 4.79 Å². The van der Waals surface area contributed by atoms with Crippen molar-refractivity contribution in [1.82, 2.24) is 15.1 Å². The van der Waals surface area contributed by atoms with Crippen LogP contribution in [0.15, 0.2) is 54.7 Å². The van der Waals surface area contributed by atoms with Crippen LogP contribution in [0.1, 0.15) is 41.4 Å². The Balaban J connectivity index is 1.80. The minimum atomic E-state index is -0.144. The highest BCUT2D eigenvalue weighted by atomic mass is 35.5. The first-order chi connectivity index (χ1) is 13.0. The lowest BCUT2D eigenvalue weighted by Crippen LogP contribution is -2.24. The summed E-state index contributed by atoms with van der Waals surface area (Å²) in [6.07, 6.45) is 1.62. The molecule has 1 N–H and O–H groups in total. The lowest BCUT2D eigenvalue weighted by molar-refractivity contribution is 0.0949. The molecule has 5 nitrogen and oxygen atoms in total. The van der Waals surface area contributed by atoms with Crippen LogP contribution in [0.3, 0.4) is 0 Å². The number of carbonyl (C=O) groups excluding carboxylic acids is 1. The van der Waals surface area contributed by atoms with Crippen LogP contribution in [0.5, 0.6) is 5.75 Å². The van der Waals surface area contributed by atoms with Gasteiger partial charge in [0.2, 0.25) is 0 Å². The maximum atomic E-state index is 12.8. The fraction of sp³-hybridized carbons (Fsp3) is 0.238. The number of methoxy groups -OCH3 is 1. The Hall–Kier alpha value is -2.79. The molecule has 0 radical (unpaired) electrons. The lowest BCUT2D eigenvalue weighted by atomic mass is 10.0. The molecule has 0 unspecified atom stereocenters. The van der Waals surface area contributed by atoms with Crippen molar-refractivity contribution in [3.8, 4) is 11.4 Å². The molecular formula is C21H22ClN3O2. The number of carbonyl (C=O) groups is 1. The molecule has 1 amide bonds. The molecule has 1 heterocycles. The van der Waals surface area contributed by atoms with E-state index >= 15 is 0 Å². The molecule has 0 spiro atoms. The Morgan fingerprint density at radius 3 is 2.41 bits per heavy atom. The zero-order valence-electron chi connectivity index (χ0n) is 15.6. The number of halogens is 1. The van der Waals surface area contributed by atoms with Gasteiger partial charge in [-0.2, -0.15) is 5.10 Å². The molecular weight excluding hydrogens is 362 g/mol. The van der Waals surface area contributed by atoms with Crippen LogP contribution < -0.4 is 10.1 Å². The maximum Gasteiger partial charge on any atom is 0.255 e. The third-order valence-corrected chi connectivity index (χ3v) is 4.53. The highest BCUT2D eigenvalue weighted by molar-refractivity contribution is 6.30. The largest absolute Gasteiger partial charge is 0.497 e. The minimum Gasteiger partial charge on any atom is -0.497 e.